The zero-order valence-electron chi connectivity index (χ0n) is 23.6. The molecule has 0 amide bonds. The number of rotatable bonds is 9. The predicted molar refractivity (Wildman–Crippen MR) is 155 cm³/mol. The minimum absolute atomic E-state index is 0.0657. The van der Waals surface area contributed by atoms with Gasteiger partial charge in [0.15, 0.2) is 5.78 Å². The number of benzene rings is 2. The Morgan fingerprint density at radius 2 is 1.88 bits per heavy atom. The van der Waals surface area contributed by atoms with Crippen molar-refractivity contribution in [3.8, 4) is 22.9 Å². The number of nitrogens with zero attached hydrogens (tertiary/aromatic N) is 2. The molecule has 3 aromatic rings. The van der Waals surface area contributed by atoms with E-state index in [1.807, 2.05) is 0 Å². The van der Waals surface area contributed by atoms with Crippen LogP contribution >= 0.6 is 11.6 Å². The highest BCUT2D eigenvalue weighted by atomic mass is 35.5. The third-order valence-electron chi connectivity index (χ3n) is 6.91. The molecule has 0 spiro atoms. The summed E-state index contributed by atoms with van der Waals surface area (Å²) in [6, 6.07) is 14.3. The lowest BCUT2D eigenvalue weighted by Gasteiger charge is -2.23. The minimum atomic E-state index is -0.766. The summed E-state index contributed by atoms with van der Waals surface area (Å²) in [7, 11) is 1.47. The van der Waals surface area contributed by atoms with Crippen molar-refractivity contribution >= 4 is 23.4 Å². The Kier molecular flexibility index (Phi) is 9.31. The third-order valence-corrected chi connectivity index (χ3v) is 7.15. The molecule has 0 N–H and O–H groups in total. The normalized spacial score (nSPS) is 15.7. The topological polar surface area (TPSA) is 108 Å². The molecule has 1 aromatic heterocycles. The number of aromatic nitrogens is 1. The molecule has 2 unspecified atom stereocenters. The summed E-state index contributed by atoms with van der Waals surface area (Å²) in [6.45, 7) is 6.53. The molecule has 1 aliphatic heterocycles. The fourth-order valence-electron chi connectivity index (χ4n) is 4.88. The first-order valence-corrected chi connectivity index (χ1v) is 13.8. The van der Waals surface area contributed by atoms with Crippen LogP contribution in [-0.4, -0.2) is 42.2 Å². The summed E-state index contributed by atoms with van der Waals surface area (Å²) in [5.41, 5.74) is 1.32. The van der Waals surface area contributed by atoms with Crippen LogP contribution in [0.1, 0.15) is 61.1 Å². The summed E-state index contributed by atoms with van der Waals surface area (Å²) < 4.78 is 18.0. The van der Waals surface area contributed by atoms with Crippen molar-refractivity contribution in [2.75, 3.05) is 20.3 Å². The zero-order valence-corrected chi connectivity index (χ0v) is 24.4. The Hall–Kier alpha value is -3.93. The van der Waals surface area contributed by atoms with Crippen molar-refractivity contribution in [2.24, 2.45) is 5.92 Å². The van der Waals surface area contributed by atoms with Gasteiger partial charge in [-0.3, -0.25) is 9.59 Å². The van der Waals surface area contributed by atoms with Crippen LogP contribution in [0.15, 0.2) is 59.5 Å². The SMILES string of the molecule is COc1cn(C(CC2CCOC2)C(=O)Cc2ccc(C(=O)OC(C)(C)C)cc2)c(=O)cc1-c1cc(Cl)ccc1C#N. The summed E-state index contributed by atoms with van der Waals surface area (Å²) >= 11 is 6.19. The summed E-state index contributed by atoms with van der Waals surface area (Å²) in [5, 5.41) is 10.0. The molecule has 8 nitrogen and oxygen atoms in total. The molecule has 214 valence electrons. The highest BCUT2D eigenvalue weighted by molar-refractivity contribution is 6.31. The first kappa shape index (κ1) is 30.0. The van der Waals surface area contributed by atoms with Crippen LogP contribution in [0.3, 0.4) is 0 Å². The number of Topliss-reactive ketones (excluding diaryl/α,β-unsaturated/α-hetero) is 1. The standard InChI is InChI=1S/C32H33ClN2O6/c1-32(2,3)41-31(38)22-7-5-20(6-8-22)14-28(36)27(13-21-11-12-40-19-21)35-18-29(39-4)26(16-30(35)37)25-15-24(33)10-9-23(25)17-34/h5-10,15-16,18,21,27H,11-14,19H2,1-4H3. The van der Waals surface area contributed by atoms with E-state index in [0.717, 1.165) is 6.42 Å². The fourth-order valence-corrected chi connectivity index (χ4v) is 5.05. The predicted octanol–water partition coefficient (Wildman–Crippen LogP) is 5.78. The quantitative estimate of drug-likeness (QED) is 0.297. The Morgan fingerprint density at radius 1 is 1.15 bits per heavy atom. The maximum absolute atomic E-state index is 13.8. The van der Waals surface area contributed by atoms with E-state index in [2.05, 4.69) is 6.07 Å². The van der Waals surface area contributed by atoms with Crippen molar-refractivity contribution in [2.45, 2.75) is 51.7 Å². The Balaban J connectivity index is 1.66. The van der Waals surface area contributed by atoms with Gasteiger partial charge in [0.2, 0.25) is 0 Å². The van der Waals surface area contributed by atoms with Gasteiger partial charge < -0.3 is 18.8 Å². The van der Waals surface area contributed by atoms with E-state index in [4.69, 9.17) is 25.8 Å². The number of pyridine rings is 1. The summed E-state index contributed by atoms with van der Waals surface area (Å²) in [6.07, 6.45) is 2.82. The molecule has 2 heterocycles. The van der Waals surface area contributed by atoms with Crippen LogP contribution in [0.25, 0.3) is 11.1 Å². The molecule has 4 rings (SSSR count). The molecule has 2 atom stereocenters. The Morgan fingerprint density at radius 3 is 2.49 bits per heavy atom. The average Bonchev–Trinajstić information content (AvgIpc) is 3.44. The van der Waals surface area contributed by atoms with Crippen LogP contribution < -0.4 is 10.3 Å². The van der Waals surface area contributed by atoms with Gasteiger partial charge in [-0.2, -0.15) is 5.26 Å². The van der Waals surface area contributed by atoms with Crippen LogP contribution in [-0.2, 0) is 20.7 Å². The average molecular weight is 577 g/mol. The second kappa shape index (κ2) is 12.7. The van der Waals surface area contributed by atoms with Crippen molar-refractivity contribution in [3.63, 3.8) is 0 Å². The van der Waals surface area contributed by atoms with Crippen molar-refractivity contribution in [3.05, 3.63) is 86.8 Å². The van der Waals surface area contributed by atoms with Gasteiger partial charge in [-0.25, -0.2) is 4.79 Å². The van der Waals surface area contributed by atoms with Gasteiger partial charge >= 0.3 is 5.97 Å². The molecule has 0 radical (unpaired) electrons. The molecular formula is C32H33ClN2O6. The number of halogens is 1. The van der Waals surface area contributed by atoms with Crippen LogP contribution in [0, 0.1) is 17.2 Å². The molecule has 0 saturated carbocycles. The third kappa shape index (κ3) is 7.43. The molecule has 9 heteroatoms. The van der Waals surface area contributed by atoms with Gasteiger partial charge in [-0.15, -0.1) is 0 Å². The van der Waals surface area contributed by atoms with Crippen LogP contribution in [0.5, 0.6) is 5.75 Å². The first-order chi connectivity index (χ1) is 19.5. The van der Waals surface area contributed by atoms with E-state index in [1.165, 1.54) is 23.9 Å². The maximum atomic E-state index is 13.8. The highest BCUT2D eigenvalue weighted by Gasteiger charge is 2.29. The smallest absolute Gasteiger partial charge is 0.338 e. The number of methoxy groups -OCH3 is 1. The van der Waals surface area contributed by atoms with Crippen molar-refractivity contribution in [1.29, 1.82) is 5.26 Å². The lowest BCUT2D eigenvalue weighted by molar-refractivity contribution is -0.122. The second-order valence-corrected chi connectivity index (χ2v) is 11.6. The zero-order chi connectivity index (χ0) is 29.7. The molecule has 1 fully saturated rings. The lowest BCUT2D eigenvalue weighted by Crippen LogP contribution is -2.32. The number of ether oxygens (including phenoxy) is 3. The van der Waals surface area contributed by atoms with Gasteiger partial charge in [0, 0.05) is 41.9 Å². The van der Waals surface area contributed by atoms with Crippen LogP contribution in [0.4, 0.5) is 0 Å². The van der Waals surface area contributed by atoms with Crippen molar-refractivity contribution < 1.29 is 23.8 Å². The van der Waals surface area contributed by atoms with Gasteiger partial charge in [-0.1, -0.05) is 23.7 Å². The second-order valence-electron chi connectivity index (χ2n) is 11.1. The number of hydrogen-bond acceptors (Lipinski definition) is 7. The number of esters is 1. The molecule has 1 aliphatic rings. The minimum Gasteiger partial charge on any atom is -0.495 e. The van der Waals surface area contributed by atoms with Gasteiger partial charge in [-0.05, 0) is 75.4 Å². The van der Waals surface area contributed by atoms with Crippen molar-refractivity contribution in [1.82, 2.24) is 4.57 Å². The highest BCUT2D eigenvalue weighted by Crippen LogP contribution is 2.34. The van der Waals surface area contributed by atoms with E-state index < -0.39 is 23.2 Å². The number of nitriles is 1. The molecular weight excluding hydrogens is 544 g/mol. The van der Waals surface area contributed by atoms with Gasteiger partial charge in [0.1, 0.15) is 11.4 Å². The van der Waals surface area contributed by atoms with E-state index in [1.54, 1.807) is 63.2 Å². The number of ketones is 1. The molecule has 2 aromatic carbocycles. The monoisotopic (exact) mass is 576 g/mol. The Bertz CT molecular complexity index is 1530. The summed E-state index contributed by atoms with van der Waals surface area (Å²) in [4.78, 5) is 39.7. The van der Waals surface area contributed by atoms with E-state index in [-0.39, 0.29) is 18.1 Å². The Labute approximate surface area is 244 Å². The molecule has 1 saturated heterocycles. The lowest BCUT2D eigenvalue weighted by atomic mass is 9.92. The fraction of sp³-hybridized carbons (Fsp3) is 0.375. The first-order valence-electron chi connectivity index (χ1n) is 13.4. The maximum Gasteiger partial charge on any atom is 0.338 e. The number of carbonyl (C=O) groups is 2. The van der Waals surface area contributed by atoms with Gasteiger partial charge in [0.25, 0.3) is 5.56 Å². The van der Waals surface area contributed by atoms with Crippen LogP contribution in [0.2, 0.25) is 5.02 Å². The molecule has 41 heavy (non-hydrogen) atoms. The van der Waals surface area contributed by atoms with E-state index in [9.17, 15) is 19.6 Å². The largest absolute Gasteiger partial charge is 0.495 e. The molecule has 0 bridgehead atoms. The van der Waals surface area contributed by atoms with E-state index >= 15 is 0 Å². The number of carbonyl (C=O) groups excluding carboxylic acids is 2. The number of hydrogen-bond donors (Lipinski definition) is 0. The summed E-state index contributed by atoms with van der Waals surface area (Å²) in [5.74, 6) is -0.133. The molecule has 0 aliphatic carbocycles. The van der Waals surface area contributed by atoms with E-state index in [0.29, 0.717) is 58.2 Å². The van der Waals surface area contributed by atoms with Gasteiger partial charge in [0.05, 0.1) is 36.5 Å².